The highest BCUT2D eigenvalue weighted by atomic mass is 16.6. The normalized spacial score (nSPS) is 26.4. The molecular formula is C8H11NO5. The molecule has 1 heterocycles. The van der Waals surface area contributed by atoms with Crippen molar-refractivity contribution in [2.24, 2.45) is 0 Å². The highest BCUT2D eigenvalue weighted by Gasteiger charge is 2.39. The van der Waals surface area contributed by atoms with E-state index in [0.717, 1.165) is 12.8 Å². The Balaban J connectivity index is 1.88. The molecular weight excluding hydrogens is 190 g/mol. The van der Waals surface area contributed by atoms with E-state index in [1.165, 1.54) is 0 Å². The van der Waals surface area contributed by atoms with Crippen LogP contribution in [0.1, 0.15) is 12.8 Å². The molecule has 14 heavy (non-hydrogen) atoms. The van der Waals surface area contributed by atoms with Gasteiger partial charge in [-0.15, -0.1) is 0 Å². The van der Waals surface area contributed by atoms with E-state index in [4.69, 9.17) is 9.84 Å². The first kappa shape index (κ1) is 9.26. The Morgan fingerprint density at radius 2 is 2.36 bits per heavy atom. The van der Waals surface area contributed by atoms with Crippen LogP contribution in [0.4, 0.5) is 9.59 Å². The standard InChI is InChI=1S/C8H11NO5/c10-7(11)9-5(4-14-8(9)12)3-13-6-1-2-6/h5-6H,1-4H2,(H,10,11)/t5-/m0/s1. The minimum atomic E-state index is -1.28. The lowest BCUT2D eigenvalue weighted by molar-refractivity contribution is 0.0720. The molecule has 0 unspecified atom stereocenters. The molecule has 6 heteroatoms. The summed E-state index contributed by atoms with van der Waals surface area (Å²) >= 11 is 0. The van der Waals surface area contributed by atoms with Crippen LogP contribution in [0.25, 0.3) is 0 Å². The molecule has 0 aromatic heterocycles. The number of hydrogen-bond donors (Lipinski definition) is 1. The van der Waals surface area contributed by atoms with Gasteiger partial charge in [0.05, 0.1) is 12.7 Å². The predicted molar refractivity (Wildman–Crippen MR) is 44.0 cm³/mol. The van der Waals surface area contributed by atoms with E-state index in [2.05, 4.69) is 4.74 Å². The van der Waals surface area contributed by atoms with Gasteiger partial charge in [-0.1, -0.05) is 0 Å². The molecule has 0 aromatic carbocycles. The zero-order chi connectivity index (χ0) is 10.1. The van der Waals surface area contributed by atoms with Crippen LogP contribution >= 0.6 is 0 Å². The summed E-state index contributed by atoms with van der Waals surface area (Å²) in [5.41, 5.74) is 0. The van der Waals surface area contributed by atoms with Crippen LogP contribution in [-0.2, 0) is 9.47 Å². The third kappa shape index (κ3) is 1.79. The number of cyclic esters (lactones) is 1. The Bertz CT molecular complexity index is 262. The molecule has 2 rings (SSSR count). The third-order valence-electron chi connectivity index (χ3n) is 2.22. The molecule has 0 radical (unpaired) electrons. The maximum absolute atomic E-state index is 11.0. The van der Waals surface area contributed by atoms with Gasteiger partial charge in [0.25, 0.3) is 0 Å². The Hall–Kier alpha value is -1.30. The molecule has 0 spiro atoms. The molecule has 78 valence electrons. The summed E-state index contributed by atoms with van der Waals surface area (Å²) in [6.45, 7) is 0.334. The number of carbonyl (C=O) groups is 2. The number of imide groups is 1. The molecule has 2 amide bonds. The summed E-state index contributed by atoms with van der Waals surface area (Å²) in [5, 5.41) is 8.70. The van der Waals surface area contributed by atoms with Crippen LogP contribution in [-0.4, -0.2) is 47.6 Å². The van der Waals surface area contributed by atoms with E-state index < -0.39 is 18.2 Å². The topological polar surface area (TPSA) is 76.1 Å². The lowest BCUT2D eigenvalue weighted by Gasteiger charge is -2.15. The van der Waals surface area contributed by atoms with Crippen LogP contribution in [0, 0.1) is 0 Å². The summed E-state index contributed by atoms with van der Waals surface area (Å²) in [5.74, 6) is 0. The summed E-state index contributed by atoms with van der Waals surface area (Å²) < 4.78 is 9.95. The van der Waals surface area contributed by atoms with E-state index in [1.54, 1.807) is 0 Å². The van der Waals surface area contributed by atoms with Crippen molar-refractivity contribution in [2.45, 2.75) is 25.0 Å². The van der Waals surface area contributed by atoms with Gasteiger partial charge in [-0.05, 0) is 12.8 Å². The van der Waals surface area contributed by atoms with Crippen molar-refractivity contribution < 1.29 is 24.2 Å². The van der Waals surface area contributed by atoms with E-state index in [1.807, 2.05) is 0 Å². The Labute approximate surface area is 80.4 Å². The van der Waals surface area contributed by atoms with Crippen molar-refractivity contribution >= 4 is 12.2 Å². The van der Waals surface area contributed by atoms with Crippen molar-refractivity contribution in [1.29, 1.82) is 0 Å². The minimum Gasteiger partial charge on any atom is -0.465 e. The largest absolute Gasteiger partial charge is 0.465 e. The molecule has 1 atom stereocenters. The Morgan fingerprint density at radius 3 is 2.93 bits per heavy atom. The number of hydrogen-bond acceptors (Lipinski definition) is 4. The Morgan fingerprint density at radius 1 is 1.64 bits per heavy atom. The van der Waals surface area contributed by atoms with Gasteiger partial charge in [-0.3, -0.25) is 0 Å². The van der Waals surface area contributed by atoms with Gasteiger partial charge in [0.2, 0.25) is 0 Å². The van der Waals surface area contributed by atoms with Gasteiger partial charge in [-0.2, -0.15) is 0 Å². The Kier molecular flexibility index (Phi) is 2.28. The fraction of sp³-hybridized carbons (Fsp3) is 0.750. The zero-order valence-electron chi connectivity index (χ0n) is 7.51. The summed E-state index contributed by atoms with van der Waals surface area (Å²) in [6, 6.07) is -0.486. The van der Waals surface area contributed by atoms with Crippen molar-refractivity contribution in [3.05, 3.63) is 0 Å². The molecule has 1 saturated heterocycles. The maximum atomic E-state index is 11.0. The highest BCUT2D eigenvalue weighted by molar-refractivity contribution is 5.88. The highest BCUT2D eigenvalue weighted by Crippen LogP contribution is 2.24. The van der Waals surface area contributed by atoms with E-state index in [0.29, 0.717) is 4.90 Å². The number of rotatable bonds is 3. The van der Waals surface area contributed by atoms with Crippen LogP contribution < -0.4 is 0 Å². The van der Waals surface area contributed by atoms with Crippen molar-refractivity contribution in [1.82, 2.24) is 4.90 Å². The SMILES string of the molecule is O=C(O)N1C(=O)OC[C@@H]1COC1CC1. The third-order valence-corrected chi connectivity index (χ3v) is 2.22. The first-order valence-corrected chi connectivity index (χ1v) is 4.49. The van der Waals surface area contributed by atoms with Crippen LogP contribution in [0.2, 0.25) is 0 Å². The average Bonchev–Trinajstić information content (AvgIpc) is 2.86. The van der Waals surface area contributed by atoms with Gasteiger partial charge in [0.1, 0.15) is 12.6 Å². The van der Waals surface area contributed by atoms with Crippen LogP contribution in [0.3, 0.4) is 0 Å². The quantitative estimate of drug-likeness (QED) is 0.726. The van der Waals surface area contributed by atoms with Gasteiger partial charge in [-0.25, -0.2) is 14.5 Å². The van der Waals surface area contributed by atoms with Gasteiger partial charge < -0.3 is 14.6 Å². The predicted octanol–water partition coefficient (Wildman–Crippen LogP) is 0.664. The van der Waals surface area contributed by atoms with Gasteiger partial charge in [0.15, 0.2) is 0 Å². The van der Waals surface area contributed by atoms with Crippen molar-refractivity contribution in [2.75, 3.05) is 13.2 Å². The van der Waals surface area contributed by atoms with Crippen molar-refractivity contribution in [3.8, 4) is 0 Å². The van der Waals surface area contributed by atoms with E-state index in [-0.39, 0.29) is 19.3 Å². The molecule has 2 aliphatic rings. The number of carboxylic acid groups (broad SMARTS) is 1. The zero-order valence-corrected chi connectivity index (χ0v) is 7.51. The fourth-order valence-corrected chi connectivity index (χ4v) is 1.30. The number of ether oxygens (including phenoxy) is 2. The summed E-state index contributed by atoms with van der Waals surface area (Å²) in [6.07, 6.45) is 0.212. The molecule has 0 bridgehead atoms. The molecule has 1 N–H and O–H groups in total. The summed E-state index contributed by atoms with van der Waals surface area (Å²) in [4.78, 5) is 22.3. The first-order chi connectivity index (χ1) is 6.68. The van der Waals surface area contributed by atoms with Crippen LogP contribution in [0.5, 0.6) is 0 Å². The molecule has 6 nitrogen and oxygen atoms in total. The maximum Gasteiger partial charge on any atom is 0.419 e. The number of carbonyl (C=O) groups excluding carboxylic acids is 1. The molecule has 2 fully saturated rings. The first-order valence-electron chi connectivity index (χ1n) is 4.49. The van der Waals surface area contributed by atoms with E-state index in [9.17, 15) is 9.59 Å². The molecule has 0 aromatic rings. The van der Waals surface area contributed by atoms with Gasteiger partial charge in [0, 0.05) is 0 Å². The second kappa shape index (κ2) is 3.45. The smallest absolute Gasteiger partial charge is 0.419 e. The minimum absolute atomic E-state index is 0.0951. The van der Waals surface area contributed by atoms with E-state index >= 15 is 0 Å². The molecule has 1 aliphatic heterocycles. The monoisotopic (exact) mass is 201 g/mol. The van der Waals surface area contributed by atoms with Crippen molar-refractivity contribution in [3.63, 3.8) is 0 Å². The number of nitrogens with zero attached hydrogens (tertiary/aromatic N) is 1. The second-order valence-corrected chi connectivity index (χ2v) is 3.42. The second-order valence-electron chi connectivity index (χ2n) is 3.42. The lowest BCUT2D eigenvalue weighted by Crippen LogP contribution is -2.40. The van der Waals surface area contributed by atoms with Gasteiger partial charge >= 0.3 is 12.2 Å². The lowest BCUT2D eigenvalue weighted by atomic mass is 10.3. The number of amides is 2. The molecule has 1 aliphatic carbocycles. The molecule has 1 saturated carbocycles. The summed E-state index contributed by atoms with van der Waals surface area (Å²) in [7, 11) is 0. The fourth-order valence-electron chi connectivity index (χ4n) is 1.30. The van der Waals surface area contributed by atoms with Crippen LogP contribution in [0.15, 0.2) is 0 Å². The average molecular weight is 201 g/mol.